The number of hydrogen-bond donors (Lipinski definition) is 0. The van der Waals surface area contributed by atoms with Gasteiger partial charge in [-0.25, -0.2) is 0 Å². The van der Waals surface area contributed by atoms with E-state index in [0.717, 1.165) is 46.7 Å². The predicted octanol–water partition coefficient (Wildman–Crippen LogP) is 4.22. The van der Waals surface area contributed by atoms with Gasteiger partial charge in [0.1, 0.15) is 30.1 Å². The van der Waals surface area contributed by atoms with Crippen LogP contribution in [0.5, 0.6) is 11.5 Å². The first-order valence-electron chi connectivity index (χ1n) is 11.3. The van der Waals surface area contributed by atoms with Crippen LogP contribution in [-0.2, 0) is 10.2 Å². The lowest BCUT2D eigenvalue weighted by atomic mass is 9.76. The molecule has 1 spiro atoms. The fourth-order valence-corrected chi connectivity index (χ4v) is 4.98. The molecule has 6 heteroatoms. The number of carbonyl (C=O) groups excluding carboxylic acids is 1. The Hall–Kier alpha value is -3.54. The molecule has 0 N–H and O–H groups in total. The lowest BCUT2D eigenvalue weighted by molar-refractivity contribution is -0.121. The number of anilines is 1. The van der Waals surface area contributed by atoms with Crippen LogP contribution in [0.1, 0.15) is 29.5 Å². The van der Waals surface area contributed by atoms with Gasteiger partial charge in [0.25, 0.3) is 0 Å². The number of aryl methyl sites for hydroxylation is 1. The van der Waals surface area contributed by atoms with Crippen LogP contribution >= 0.6 is 0 Å². The molecule has 3 aliphatic rings. The molecular formula is C27H29N3O3. The van der Waals surface area contributed by atoms with Crippen LogP contribution in [0.2, 0.25) is 0 Å². The maximum Gasteiger partial charge on any atom is 0.246 e. The molecule has 6 nitrogen and oxygen atoms in total. The summed E-state index contributed by atoms with van der Waals surface area (Å²) in [6, 6.07) is 12.0. The lowest BCUT2D eigenvalue weighted by Crippen LogP contribution is -2.44. The molecule has 170 valence electrons. The maximum atomic E-state index is 14.1. The van der Waals surface area contributed by atoms with Gasteiger partial charge in [-0.3, -0.25) is 9.79 Å². The van der Waals surface area contributed by atoms with E-state index in [9.17, 15) is 4.79 Å². The third-order valence-corrected chi connectivity index (χ3v) is 6.78. The van der Waals surface area contributed by atoms with E-state index >= 15 is 0 Å². The van der Waals surface area contributed by atoms with E-state index in [2.05, 4.69) is 22.5 Å². The molecule has 1 atom stereocenters. The Morgan fingerprint density at radius 3 is 2.79 bits per heavy atom. The zero-order valence-electron chi connectivity index (χ0n) is 19.4. The van der Waals surface area contributed by atoms with Gasteiger partial charge in [0.2, 0.25) is 5.91 Å². The SMILES string of the molecule is C=CCOc1cc2c(cc1C)C1(CO2)C(=O)N(CC2=NC=C(N(C)C)CC2)c2ccccc21. The number of amides is 1. The maximum absolute atomic E-state index is 14.1. The number of hydrogen-bond acceptors (Lipinski definition) is 5. The Balaban J connectivity index is 1.53. The number of carbonyl (C=O) groups is 1. The van der Waals surface area contributed by atoms with E-state index in [-0.39, 0.29) is 12.5 Å². The Morgan fingerprint density at radius 1 is 1.24 bits per heavy atom. The molecule has 2 aromatic rings. The zero-order chi connectivity index (χ0) is 23.2. The summed E-state index contributed by atoms with van der Waals surface area (Å²) in [6.45, 7) is 6.92. The van der Waals surface area contributed by atoms with Crippen LogP contribution in [0.25, 0.3) is 0 Å². The van der Waals surface area contributed by atoms with E-state index in [1.807, 2.05) is 62.5 Å². The van der Waals surface area contributed by atoms with Crippen LogP contribution in [0.15, 0.2) is 65.9 Å². The molecular weight excluding hydrogens is 414 g/mol. The van der Waals surface area contributed by atoms with Gasteiger partial charge in [0.05, 0.1) is 6.54 Å². The second-order valence-corrected chi connectivity index (χ2v) is 9.03. The minimum Gasteiger partial charge on any atom is -0.491 e. The topological polar surface area (TPSA) is 54.4 Å². The van der Waals surface area contributed by atoms with Crippen molar-refractivity contribution in [2.45, 2.75) is 25.2 Å². The highest BCUT2D eigenvalue weighted by Gasteiger charge is 2.57. The van der Waals surface area contributed by atoms with Crippen molar-refractivity contribution in [3.8, 4) is 11.5 Å². The molecule has 3 aliphatic heterocycles. The van der Waals surface area contributed by atoms with E-state index in [4.69, 9.17) is 9.47 Å². The molecule has 5 rings (SSSR count). The van der Waals surface area contributed by atoms with Crippen molar-refractivity contribution in [2.75, 3.05) is 38.8 Å². The average Bonchev–Trinajstić information content (AvgIpc) is 3.30. The van der Waals surface area contributed by atoms with Crippen molar-refractivity contribution in [3.05, 3.63) is 77.6 Å². The van der Waals surface area contributed by atoms with Gasteiger partial charge in [0, 0.05) is 49.0 Å². The molecule has 0 aromatic heterocycles. The first-order chi connectivity index (χ1) is 16.0. The minimum atomic E-state index is -0.840. The highest BCUT2D eigenvalue weighted by Crippen LogP contribution is 2.53. The van der Waals surface area contributed by atoms with Crippen LogP contribution in [-0.4, -0.2) is 50.4 Å². The molecule has 33 heavy (non-hydrogen) atoms. The van der Waals surface area contributed by atoms with Crippen molar-refractivity contribution >= 4 is 17.3 Å². The number of para-hydroxylation sites is 1. The minimum absolute atomic E-state index is 0.0479. The van der Waals surface area contributed by atoms with Crippen LogP contribution in [0, 0.1) is 6.92 Å². The van der Waals surface area contributed by atoms with E-state index in [0.29, 0.717) is 18.9 Å². The average molecular weight is 444 g/mol. The van der Waals surface area contributed by atoms with Gasteiger partial charge in [-0.2, -0.15) is 0 Å². The summed E-state index contributed by atoms with van der Waals surface area (Å²) in [5.41, 5.74) is 5.19. The largest absolute Gasteiger partial charge is 0.491 e. The van der Waals surface area contributed by atoms with Crippen molar-refractivity contribution in [3.63, 3.8) is 0 Å². The Morgan fingerprint density at radius 2 is 2.06 bits per heavy atom. The fraction of sp³-hybridized carbons (Fsp3) is 0.333. The Kier molecular flexibility index (Phi) is 5.23. The Bertz CT molecular complexity index is 1200. The van der Waals surface area contributed by atoms with Crippen LogP contribution in [0.4, 0.5) is 5.69 Å². The number of ether oxygens (including phenoxy) is 2. The summed E-state index contributed by atoms with van der Waals surface area (Å²) < 4.78 is 11.9. The van der Waals surface area contributed by atoms with Crippen molar-refractivity contribution in [1.82, 2.24) is 4.90 Å². The number of benzene rings is 2. The van der Waals surface area contributed by atoms with E-state index in [1.165, 1.54) is 5.70 Å². The molecule has 0 aliphatic carbocycles. The number of fused-ring (bicyclic) bond motifs is 4. The third-order valence-electron chi connectivity index (χ3n) is 6.78. The molecule has 0 saturated carbocycles. The highest BCUT2D eigenvalue weighted by molar-refractivity contribution is 6.14. The summed E-state index contributed by atoms with van der Waals surface area (Å²) in [5, 5.41) is 0. The first-order valence-corrected chi connectivity index (χ1v) is 11.3. The summed E-state index contributed by atoms with van der Waals surface area (Å²) in [4.78, 5) is 22.7. The summed E-state index contributed by atoms with van der Waals surface area (Å²) >= 11 is 0. The van der Waals surface area contributed by atoms with Gasteiger partial charge in [-0.15, -0.1) is 0 Å². The van der Waals surface area contributed by atoms with Crippen molar-refractivity contribution < 1.29 is 14.3 Å². The molecule has 0 radical (unpaired) electrons. The van der Waals surface area contributed by atoms with E-state index < -0.39 is 5.41 Å². The van der Waals surface area contributed by atoms with Crippen molar-refractivity contribution in [2.24, 2.45) is 4.99 Å². The normalized spacial score (nSPS) is 20.7. The second-order valence-electron chi connectivity index (χ2n) is 9.03. The number of nitrogens with zero attached hydrogens (tertiary/aromatic N) is 3. The smallest absolute Gasteiger partial charge is 0.246 e. The van der Waals surface area contributed by atoms with E-state index in [1.54, 1.807) is 6.08 Å². The summed E-state index contributed by atoms with van der Waals surface area (Å²) in [6.07, 6.45) is 5.41. The Labute approximate surface area is 194 Å². The highest BCUT2D eigenvalue weighted by atomic mass is 16.5. The molecule has 1 amide bonds. The third kappa shape index (κ3) is 3.32. The molecule has 0 bridgehead atoms. The molecule has 0 saturated heterocycles. The van der Waals surface area contributed by atoms with Gasteiger partial charge in [-0.1, -0.05) is 30.9 Å². The summed E-state index contributed by atoms with van der Waals surface area (Å²) in [5.74, 6) is 1.51. The predicted molar refractivity (Wildman–Crippen MR) is 130 cm³/mol. The molecule has 2 aromatic carbocycles. The molecule has 0 fully saturated rings. The van der Waals surface area contributed by atoms with Gasteiger partial charge < -0.3 is 19.3 Å². The summed E-state index contributed by atoms with van der Waals surface area (Å²) in [7, 11) is 4.06. The fourth-order valence-electron chi connectivity index (χ4n) is 4.98. The van der Waals surface area contributed by atoms with Crippen molar-refractivity contribution in [1.29, 1.82) is 0 Å². The van der Waals surface area contributed by atoms with Gasteiger partial charge >= 0.3 is 0 Å². The lowest BCUT2D eigenvalue weighted by Gasteiger charge is -2.25. The quantitative estimate of drug-likeness (QED) is 0.628. The second kappa shape index (κ2) is 8.10. The molecule has 1 unspecified atom stereocenters. The monoisotopic (exact) mass is 443 g/mol. The number of allylic oxidation sites excluding steroid dienone is 1. The van der Waals surface area contributed by atoms with Crippen LogP contribution < -0.4 is 14.4 Å². The standard InChI is InChI=1S/C27H29N3O3/c1-5-12-32-24-14-25-22(13-18(24)2)27(17-33-25)21-8-6-7-9-23(21)30(26(27)31)16-19-10-11-20(15-28-19)29(3)4/h5-9,13-15H,1,10-12,16-17H2,2-4H3. The first kappa shape index (κ1) is 21.3. The number of aliphatic imine (C=N–C) groups is 1. The molecule has 3 heterocycles. The van der Waals surface area contributed by atoms with Gasteiger partial charge in [0.15, 0.2) is 0 Å². The van der Waals surface area contributed by atoms with Crippen LogP contribution in [0.3, 0.4) is 0 Å². The van der Waals surface area contributed by atoms with Gasteiger partial charge in [-0.05, 0) is 43.0 Å². The number of rotatable bonds is 6. The zero-order valence-corrected chi connectivity index (χ0v) is 19.4.